The lowest BCUT2D eigenvalue weighted by Crippen LogP contribution is -2.63. The van der Waals surface area contributed by atoms with Gasteiger partial charge in [-0.25, -0.2) is 0 Å². The highest BCUT2D eigenvalue weighted by Crippen LogP contribution is 2.73. The summed E-state index contributed by atoms with van der Waals surface area (Å²) in [5.74, 6) is 1.40. The largest absolute Gasteiger partial charge is 0.393 e. The SMILES string of the molecule is CC1(C)CCC2=C(C1)C1=CC[C@@H]3[C@@]4(C)CC[C@H](O)C(C)(C)[C@@H]4CC[C@@]3(C)[C@@]1(C)CC2. The quantitative estimate of drug-likeness (QED) is 0.431. The zero-order valence-corrected chi connectivity index (χ0v) is 20.8. The van der Waals surface area contributed by atoms with Crippen LogP contribution in [-0.2, 0) is 0 Å². The Labute approximate surface area is 185 Å². The van der Waals surface area contributed by atoms with Gasteiger partial charge >= 0.3 is 0 Å². The van der Waals surface area contributed by atoms with Gasteiger partial charge in [0.25, 0.3) is 0 Å². The van der Waals surface area contributed by atoms with Crippen molar-refractivity contribution >= 4 is 0 Å². The van der Waals surface area contributed by atoms with Crippen molar-refractivity contribution in [2.75, 3.05) is 0 Å². The average Bonchev–Trinajstić information content (AvgIpc) is 2.65. The van der Waals surface area contributed by atoms with E-state index >= 15 is 0 Å². The number of rotatable bonds is 0. The molecule has 1 heteroatoms. The second kappa shape index (κ2) is 6.27. The number of hydrogen-bond donors (Lipinski definition) is 1. The molecule has 30 heavy (non-hydrogen) atoms. The summed E-state index contributed by atoms with van der Waals surface area (Å²) >= 11 is 0. The molecule has 0 saturated heterocycles. The van der Waals surface area contributed by atoms with Crippen LogP contribution in [-0.4, -0.2) is 11.2 Å². The van der Waals surface area contributed by atoms with Gasteiger partial charge in [0.2, 0.25) is 0 Å². The van der Waals surface area contributed by atoms with E-state index in [1.54, 1.807) is 11.1 Å². The van der Waals surface area contributed by atoms with E-state index in [1.807, 2.05) is 5.57 Å². The molecule has 1 nitrogen and oxygen atoms in total. The number of aliphatic hydroxyl groups is 1. The molecule has 0 amide bonds. The molecule has 0 spiro atoms. The van der Waals surface area contributed by atoms with Gasteiger partial charge in [0.15, 0.2) is 0 Å². The molecule has 5 rings (SSSR count). The number of hydrogen-bond acceptors (Lipinski definition) is 1. The molecule has 0 bridgehead atoms. The first-order chi connectivity index (χ1) is 13.9. The lowest BCUT2D eigenvalue weighted by atomic mass is 9.35. The van der Waals surface area contributed by atoms with Crippen LogP contribution in [0.3, 0.4) is 0 Å². The monoisotopic (exact) mass is 410 g/mol. The van der Waals surface area contributed by atoms with Crippen LogP contribution in [0, 0.1) is 38.9 Å². The predicted molar refractivity (Wildman–Crippen MR) is 126 cm³/mol. The second-order valence-electron chi connectivity index (χ2n) is 14.1. The first-order valence-corrected chi connectivity index (χ1v) is 13.0. The molecule has 2 fully saturated rings. The molecule has 5 aliphatic carbocycles. The van der Waals surface area contributed by atoms with Crippen LogP contribution in [0.4, 0.5) is 0 Å². The molecular weight excluding hydrogens is 364 g/mol. The van der Waals surface area contributed by atoms with Gasteiger partial charge in [-0.2, -0.15) is 0 Å². The molecule has 0 aromatic carbocycles. The normalized spacial score (nSPS) is 49.3. The van der Waals surface area contributed by atoms with Crippen molar-refractivity contribution in [3.05, 3.63) is 22.8 Å². The van der Waals surface area contributed by atoms with Gasteiger partial charge in [-0.3, -0.25) is 0 Å². The molecule has 0 aromatic heterocycles. The van der Waals surface area contributed by atoms with Gasteiger partial charge < -0.3 is 5.11 Å². The molecule has 6 atom stereocenters. The third kappa shape index (κ3) is 2.57. The molecule has 168 valence electrons. The maximum atomic E-state index is 10.8. The minimum atomic E-state index is -0.128. The van der Waals surface area contributed by atoms with E-state index in [-0.39, 0.29) is 11.5 Å². The molecule has 0 aromatic rings. The van der Waals surface area contributed by atoms with Crippen molar-refractivity contribution in [2.24, 2.45) is 38.9 Å². The van der Waals surface area contributed by atoms with Crippen molar-refractivity contribution in [3.63, 3.8) is 0 Å². The Hall–Kier alpha value is -0.560. The third-order valence-corrected chi connectivity index (χ3v) is 11.9. The fraction of sp³-hybridized carbons (Fsp3) is 0.862. The number of aliphatic hydroxyl groups excluding tert-OH is 1. The highest BCUT2D eigenvalue weighted by molar-refractivity contribution is 5.48. The van der Waals surface area contributed by atoms with Gasteiger partial charge in [0.05, 0.1) is 6.10 Å². The first kappa shape index (κ1) is 21.3. The number of allylic oxidation sites excluding steroid dienone is 4. The highest BCUT2D eigenvalue weighted by atomic mass is 16.3. The topological polar surface area (TPSA) is 20.2 Å². The maximum absolute atomic E-state index is 10.8. The summed E-state index contributed by atoms with van der Waals surface area (Å²) in [6.07, 6.45) is 15.4. The van der Waals surface area contributed by atoms with Crippen LogP contribution in [0.2, 0.25) is 0 Å². The summed E-state index contributed by atoms with van der Waals surface area (Å²) in [5, 5.41) is 10.8. The molecule has 0 radical (unpaired) electrons. The van der Waals surface area contributed by atoms with Crippen LogP contribution < -0.4 is 0 Å². The molecule has 1 N–H and O–H groups in total. The average molecular weight is 411 g/mol. The van der Waals surface area contributed by atoms with Crippen molar-refractivity contribution in [1.82, 2.24) is 0 Å². The van der Waals surface area contributed by atoms with Crippen LogP contribution in [0.25, 0.3) is 0 Å². The Morgan fingerprint density at radius 3 is 2.27 bits per heavy atom. The summed E-state index contributed by atoms with van der Waals surface area (Å²) in [5.41, 5.74) is 6.96. The zero-order chi connectivity index (χ0) is 21.7. The van der Waals surface area contributed by atoms with Gasteiger partial charge in [-0.15, -0.1) is 0 Å². The van der Waals surface area contributed by atoms with Crippen LogP contribution in [0.5, 0.6) is 0 Å². The van der Waals surface area contributed by atoms with Crippen LogP contribution >= 0.6 is 0 Å². The highest BCUT2D eigenvalue weighted by Gasteiger charge is 2.66. The van der Waals surface area contributed by atoms with Crippen molar-refractivity contribution in [2.45, 2.75) is 119 Å². The van der Waals surface area contributed by atoms with Gasteiger partial charge in [0, 0.05) is 0 Å². The smallest absolute Gasteiger partial charge is 0.0594 e. The van der Waals surface area contributed by atoms with Crippen molar-refractivity contribution < 1.29 is 5.11 Å². The summed E-state index contributed by atoms with van der Waals surface area (Å²) in [4.78, 5) is 0. The van der Waals surface area contributed by atoms with E-state index in [4.69, 9.17) is 0 Å². The Bertz CT molecular complexity index is 812. The first-order valence-electron chi connectivity index (χ1n) is 13.0. The molecule has 2 saturated carbocycles. The Morgan fingerprint density at radius 1 is 0.833 bits per heavy atom. The minimum absolute atomic E-state index is 0.0505. The lowest BCUT2D eigenvalue weighted by Gasteiger charge is -2.69. The maximum Gasteiger partial charge on any atom is 0.0594 e. The Balaban J connectivity index is 1.59. The Morgan fingerprint density at radius 2 is 1.53 bits per heavy atom. The summed E-state index contributed by atoms with van der Waals surface area (Å²) in [7, 11) is 0. The second-order valence-corrected chi connectivity index (χ2v) is 14.1. The fourth-order valence-electron chi connectivity index (χ4n) is 9.67. The summed E-state index contributed by atoms with van der Waals surface area (Å²) < 4.78 is 0. The van der Waals surface area contributed by atoms with E-state index < -0.39 is 0 Å². The molecular formula is C29H46O. The van der Waals surface area contributed by atoms with Gasteiger partial charge in [-0.1, -0.05) is 60.1 Å². The van der Waals surface area contributed by atoms with E-state index in [0.717, 1.165) is 12.3 Å². The van der Waals surface area contributed by atoms with Crippen LogP contribution in [0.1, 0.15) is 113 Å². The summed E-state index contributed by atoms with van der Waals surface area (Å²) in [6.45, 7) is 17.6. The lowest BCUT2D eigenvalue weighted by molar-refractivity contribution is -0.194. The van der Waals surface area contributed by atoms with E-state index in [2.05, 4.69) is 54.5 Å². The van der Waals surface area contributed by atoms with Crippen molar-refractivity contribution in [3.8, 4) is 0 Å². The molecule has 5 aliphatic rings. The van der Waals surface area contributed by atoms with Crippen molar-refractivity contribution in [1.29, 1.82) is 0 Å². The van der Waals surface area contributed by atoms with E-state index in [9.17, 15) is 5.11 Å². The minimum Gasteiger partial charge on any atom is -0.393 e. The standard InChI is InChI=1S/C29H46O/c1-25(2)14-10-19-11-16-28(6)21(20(19)18-25)8-9-23-27(5)15-13-24(30)26(3,4)22(27)12-17-29(23,28)7/h8,22-24,30H,9-18H2,1-7H3/t22-,23+,24-,27-,28-,29+/m0/s1. The van der Waals surface area contributed by atoms with E-state index in [0.29, 0.717) is 27.6 Å². The van der Waals surface area contributed by atoms with Gasteiger partial charge in [0.1, 0.15) is 0 Å². The molecule has 0 heterocycles. The fourth-order valence-corrected chi connectivity index (χ4v) is 9.67. The predicted octanol–water partition coefficient (Wildman–Crippen LogP) is 7.84. The number of fused-ring (bicyclic) bond motifs is 6. The third-order valence-electron chi connectivity index (χ3n) is 11.9. The summed E-state index contributed by atoms with van der Waals surface area (Å²) in [6, 6.07) is 0. The Kier molecular flexibility index (Phi) is 4.45. The zero-order valence-electron chi connectivity index (χ0n) is 20.8. The van der Waals surface area contributed by atoms with E-state index in [1.165, 1.54) is 57.8 Å². The van der Waals surface area contributed by atoms with Crippen LogP contribution in [0.15, 0.2) is 22.8 Å². The van der Waals surface area contributed by atoms with Gasteiger partial charge in [-0.05, 0) is 114 Å². The molecule has 0 unspecified atom stereocenters. The molecule has 0 aliphatic heterocycles.